The predicted molar refractivity (Wildman–Crippen MR) is 71.1 cm³/mol. The summed E-state index contributed by atoms with van der Waals surface area (Å²) >= 11 is 0. The second-order valence-electron chi connectivity index (χ2n) is 3.86. The number of carbonyl (C=O) groups excluding carboxylic acids is 1. The van der Waals surface area contributed by atoms with Crippen LogP contribution in [0.1, 0.15) is 12.0 Å². The van der Waals surface area contributed by atoms with Crippen LogP contribution >= 0.6 is 0 Å². The molecule has 0 aliphatic heterocycles. The van der Waals surface area contributed by atoms with E-state index in [2.05, 4.69) is 5.32 Å². The summed E-state index contributed by atoms with van der Waals surface area (Å²) in [5.41, 5.74) is 7.22. The molecule has 0 saturated carbocycles. The highest BCUT2D eigenvalue weighted by Gasteiger charge is 2.05. The lowest BCUT2D eigenvalue weighted by Gasteiger charge is -2.06. The number of nitrogen functional groups attached to an aromatic ring is 1. The van der Waals surface area contributed by atoms with E-state index >= 15 is 0 Å². The van der Waals surface area contributed by atoms with Crippen LogP contribution in [0.3, 0.4) is 0 Å². The van der Waals surface area contributed by atoms with Gasteiger partial charge < -0.3 is 11.1 Å². The van der Waals surface area contributed by atoms with Gasteiger partial charge in [-0.25, -0.2) is 0 Å². The zero-order valence-corrected chi connectivity index (χ0v) is 10.8. The number of rotatable bonds is 6. The molecule has 0 aliphatic carbocycles. The highest BCUT2D eigenvalue weighted by atomic mass is 32.2. The lowest BCUT2D eigenvalue weighted by atomic mass is 10.1. The predicted octanol–water partition coefficient (Wildman–Crippen LogP) is 0.696. The van der Waals surface area contributed by atoms with E-state index in [-0.39, 0.29) is 5.91 Å². The van der Waals surface area contributed by atoms with Gasteiger partial charge in [-0.3, -0.25) is 9.00 Å². The summed E-state index contributed by atoms with van der Waals surface area (Å²) < 4.78 is 10.8. The number of anilines is 1. The standard InChI is InChI=1S/C12H18N2O2S/c1-17(16)8-4-7-14-12(15)9-10-5-2-3-6-11(10)13/h2-3,5-6H,4,7-9,13H2,1H3,(H,14,15). The van der Waals surface area contributed by atoms with Crippen LogP contribution in [0.25, 0.3) is 0 Å². The van der Waals surface area contributed by atoms with Crippen LogP contribution in [0.15, 0.2) is 24.3 Å². The van der Waals surface area contributed by atoms with Crippen molar-refractivity contribution in [1.29, 1.82) is 0 Å². The molecule has 0 radical (unpaired) electrons. The maximum Gasteiger partial charge on any atom is 0.224 e. The molecule has 0 heterocycles. The third kappa shape index (κ3) is 5.49. The molecule has 0 spiro atoms. The van der Waals surface area contributed by atoms with Crippen molar-refractivity contribution in [2.75, 3.05) is 24.3 Å². The quantitative estimate of drug-likeness (QED) is 0.579. The molecule has 5 heteroatoms. The van der Waals surface area contributed by atoms with E-state index in [9.17, 15) is 9.00 Å². The van der Waals surface area contributed by atoms with Gasteiger partial charge in [0.05, 0.1) is 6.42 Å². The topological polar surface area (TPSA) is 72.2 Å². The van der Waals surface area contributed by atoms with Crippen LogP contribution in [0, 0.1) is 0 Å². The van der Waals surface area contributed by atoms with Gasteiger partial charge in [0.2, 0.25) is 5.91 Å². The van der Waals surface area contributed by atoms with Gasteiger partial charge in [-0.2, -0.15) is 0 Å². The fourth-order valence-electron chi connectivity index (χ4n) is 1.43. The minimum Gasteiger partial charge on any atom is -0.398 e. The van der Waals surface area contributed by atoms with Gasteiger partial charge in [-0.05, 0) is 18.1 Å². The van der Waals surface area contributed by atoms with Crippen LogP contribution in [0.4, 0.5) is 5.69 Å². The third-order valence-electron chi connectivity index (χ3n) is 2.34. The van der Waals surface area contributed by atoms with Crippen molar-refractivity contribution >= 4 is 22.4 Å². The van der Waals surface area contributed by atoms with Crippen molar-refractivity contribution in [2.45, 2.75) is 12.8 Å². The fraction of sp³-hybridized carbons (Fsp3) is 0.417. The first-order chi connectivity index (χ1) is 8.09. The molecule has 1 aromatic carbocycles. The Labute approximate surface area is 104 Å². The Morgan fingerprint density at radius 2 is 2.12 bits per heavy atom. The summed E-state index contributed by atoms with van der Waals surface area (Å²) in [4.78, 5) is 11.6. The van der Waals surface area contributed by atoms with Gasteiger partial charge in [0.15, 0.2) is 0 Å². The second kappa shape index (κ2) is 7.06. The summed E-state index contributed by atoms with van der Waals surface area (Å²) in [6.07, 6.45) is 2.69. The molecule has 1 aromatic rings. The Morgan fingerprint density at radius 1 is 1.41 bits per heavy atom. The molecular formula is C12H18N2O2S. The number of benzene rings is 1. The average molecular weight is 254 g/mol. The Morgan fingerprint density at radius 3 is 2.76 bits per heavy atom. The highest BCUT2D eigenvalue weighted by Crippen LogP contribution is 2.10. The first-order valence-corrected chi connectivity index (χ1v) is 7.22. The van der Waals surface area contributed by atoms with Crippen molar-refractivity contribution in [3.8, 4) is 0 Å². The number of para-hydroxylation sites is 1. The lowest BCUT2D eigenvalue weighted by Crippen LogP contribution is -2.27. The van der Waals surface area contributed by atoms with Gasteiger partial charge in [0.1, 0.15) is 0 Å². The van der Waals surface area contributed by atoms with E-state index in [0.717, 1.165) is 12.0 Å². The van der Waals surface area contributed by atoms with Crippen LogP contribution in [-0.4, -0.2) is 28.7 Å². The van der Waals surface area contributed by atoms with Crippen LogP contribution in [-0.2, 0) is 22.0 Å². The molecule has 1 atom stereocenters. The van der Waals surface area contributed by atoms with Gasteiger partial charge in [0.25, 0.3) is 0 Å². The molecular weight excluding hydrogens is 236 g/mol. The summed E-state index contributed by atoms with van der Waals surface area (Å²) in [5.74, 6) is 0.568. The van der Waals surface area contributed by atoms with Gasteiger partial charge in [-0.1, -0.05) is 18.2 Å². The number of carbonyl (C=O) groups is 1. The SMILES string of the molecule is CS(=O)CCCNC(=O)Cc1ccccc1N. The monoisotopic (exact) mass is 254 g/mol. The average Bonchev–Trinajstić information content (AvgIpc) is 2.27. The first kappa shape index (κ1) is 13.7. The van der Waals surface area contributed by atoms with Gasteiger partial charge in [0, 0.05) is 35.0 Å². The molecule has 1 rings (SSSR count). The van der Waals surface area contributed by atoms with Crippen LogP contribution < -0.4 is 11.1 Å². The van der Waals surface area contributed by atoms with Crippen molar-refractivity contribution in [3.63, 3.8) is 0 Å². The van der Waals surface area contributed by atoms with E-state index < -0.39 is 10.8 Å². The number of hydrogen-bond acceptors (Lipinski definition) is 3. The van der Waals surface area contributed by atoms with Crippen LogP contribution in [0.2, 0.25) is 0 Å². The molecule has 94 valence electrons. The summed E-state index contributed by atoms with van der Waals surface area (Å²) in [6, 6.07) is 7.32. The molecule has 0 fully saturated rings. The smallest absolute Gasteiger partial charge is 0.224 e. The zero-order chi connectivity index (χ0) is 12.7. The van der Waals surface area contributed by atoms with Crippen molar-refractivity contribution < 1.29 is 9.00 Å². The number of nitrogens with one attached hydrogen (secondary N) is 1. The summed E-state index contributed by atoms with van der Waals surface area (Å²) in [6.45, 7) is 0.561. The molecule has 0 aliphatic rings. The minimum absolute atomic E-state index is 0.0511. The lowest BCUT2D eigenvalue weighted by molar-refractivity contribution is -0.120. The Balaban J connectivity index is 2.30. The Bertz CT molecular complexity index is 407. The second-order valence-corrected chi connectivity index (χ2v) is 5.41. The normalized spacial score (nSPS) is 12.1. The highest BCUT2D eigenvalue weighted by molar-refractivity contribution is 7.84. The molecule has 0 aromatic heterocycles. The van der Waals surface area contributed by atoms with E-state index in [0.29, 0.717) is 24.4 Å². The van der Waals surface area contributed by atoms with Crippen molar-refractivity contribution in [1.82, 2.24) is 5.32 Å². The van der Waals surface area contributed by atoms with Gasteiger partial charge >= 0.3 is 0 Å². The zero-order valence-electron chi connectivity index (χ0n) is 9.94. The molecule has 17 heavy (non-hydrogen) atoms. The molecule has 0 bridgehead atoms. The van der Waals surface area contributed by atoms with E-state index in [1.54, 1.807) is 12.3 Å². The number of amides is 1. The molecule has 1 amide bonds. The Kier molecular flexibility index (Phi) is 5.69. The maximum atomic E-state index is 11.6. The minimum atomic E-state index is -0.793. The summed E-state index contributed by atoms with van der Waals surface area (Å²) in [7, 11) is -0.793. The maximum absolute atomic E-state index is 11.6. The number of hydrogen-bond donors (Lipinski definition) is 2. The van der Waals surface area contributed by atoms with Crippen molar-refractivity contribution in [3.05, 3.63) is 29.8 Å². The van der Waals surface area contributed by atoms with Gasteiger partial charge in [-0.15, -0.1) is 0 Å². The molecule has 3 N–H and O–H groups in total. The Hall–Kier alpha value is -1.36. The molecule has 0 saturated heterocycles. The largest absolute Gasteiger partial charge is 0.398 e. The van der Waals surface area contributed by atoms with Crippen molar-refractivity contribution in [2.24, 2.45) is 0 Å². The fourth-order valence-corrected chi connectivity index (χ4v) is 1.98. The molecule has 4 nitrogen and oxygen atoms in total. The van der Waals surface area contributed by atoms with Crippen LogP contribution in [0.5, 0.6) is 0 Å². The third-order valence-corrected chi connectivity index (χ3v) is 3.20. The van der Waals surface area contributed by atoms with E-state index in [4.69, 9.17) is 5.73 Å². The van der Waals surface area contributed by atoms with E-state index in [1.165, 1.54) is 0 Å². The summed E-state index contributed by atoms with van der Waals surface area (Å²) in [5, 5.41) is 2.78. The first-order valence-electron chi connectivity index (χ1n) is 5.49. The number of nitrogens with two attached hydrogens (primary N) is 1. The molecule has 1 unspecified atom stereocenters. The van der Waals surface area contributed by atoms with E-state index in [1.807, 2.05) is 18.2 Å².